The van der Waals surface area contributed by atoms with Gasteiger partial charge in [0.05, 0.1) is 5.69 Å². The van der Waals surface area contributed by atoms with Crippen LogP contribution < -0.4 is 4.90 Å². The Hall–Kier alpha value is -6.59. The van der Waals surface area contributed by atoms with E-state index >= 15 is 0 Å². The minimum absolute atomic E-state index is 0.135. The van der Waals surface area contributed by atoms with Crippen molar-refractivity contribution in [3.8, 4) is 22.6 Å². The third-order valence-electron chi connectivity index (χ3n) is 10.7. The van der Waals surface area contributed by atoms with Crippen LogP contribution in [0.15, 0.2) is 159 Å². The van der Waals surface area contributed by atoms with E-state index in [-0.39, 0.29) is 5.41 Å². The fourth-order valence-electron chi connectivity index (χ4n) is 8.23. The van der Waals surface area contributed by atoms with Gasteiger partial charge in [-0.15, -0.1) is 0 Å². The van der Waals surface area contributed by atoms with Gasteiger partial charge < -0.3 is 18.2 Å². The quantitative estimate of drug-likeness (QED) is 0.188. The summed E-state index contributed by atoms with van der Waals surface area (Å²) in [5.41, 5.74) is 13.8. The molecule has 0 saturated heterocycles. The van der Waals surface area contributed by atoms with Gasteiger partial charge in [0.15, 0.2) is 5.58 Å². The smallest absolute Gasteiger partial charge is 0.227 e. The van der Waals surface area contributed by atoms with Crippen molar-refractivity contribution in [2.24, 2.45) is 0 Å². The summed E-state index contributed by atoms with van der Waals surface area (Å²) in [5, 5.41) is 4.22. The van der Waals surface area contributed by atoms with Crippen LogP contribution in [0.2, 0.25) is 0 Å². The molecule has 0 spiro atoms. The lowest BCUT2D eigenvalue weighted by Gasteiger charge is -2.28. The first kappa shape index (κ1) is 28.3. The topological polar surface area (TPSA) is 55.6 Å². The van der Waals surface area contributed by atoms with Gasteiger partial charge in [-0.05, 0) is 71.3 Å². The summed E-state index contributed by atoms with van der Waals surface area (Å²) < 4.78 is 19.3. The molecule has 0 radical (unpaired) electrons. The van der Waals surface area contributed by atoms with Crippen LogP contribution in [-0.2, 0) is 5.41 Å². The number of fused-ring (bicyclic) bond motifs is 10. The van der Waals surface area contributed by atoms with Gasteiger partial charge in [-0.25, -0.2) is 4.98 Å². The Labute approximate surface area is 293 Å². The average Bonchev–Trinajstić information content (AvgIpc) is 3.91. The summed E-state index contributed by atoms with van der Waals surface area (Å²) in [6, 6.07) is 50.7. The van der Waals surface area contributed by atoms with Crippen LogP contribution in [0.3, 0.4) is 0 Å². The molecule has 5 nitrogen and oxygen atoms in total. The van der Waals surface area contributed by atoms with Crippen molar-refractivity contribution in [3.05, 3.63) is 157 Å². The predicted octanol–water partition coefficient (Wildman–Crippen LogP) is 13.1. The standard InChI is InChI=1S/C46H30N2O3/c1-46(2)35-15-8-6-14-33(35)44-36(46)16-10-17-38(44)48(28-19-21-31-30-13-7-9-18-39(30)49-40(31)23-28)29-20-22-32-34-25-43-37(26-42(34)50-41(32)24-29)47-45(51-43)27-11-4-3-5-12-27/h3-26H,1-2H3. The van der Waals surface area contributed by atoms with Crippen molar-refractivity contribution < 1.29 is 13.3 Å². The first-order chi connectivity index (χ1) is 25.0. The molecular formula is C46H30N2O3. The average molecular weight is 659 g/mol. The van der Waals surface area contributed by atoms with Crippen molar-refractivity contribution in [2.75, 3.05) is 4.90 Å². The maximum Gasteiger partial charge on any atom is 0.227 e. The number of aromatic nitrogens is 1. The zero-order valence-corrected chi connectivity index (χ0v) is 28.0. The van der Waals surface area contributed by atoms with Crippen LogP contribution in [0.4, 0.5) is 17.1 Å². The van der Waals surface area contributed by atoms with Crippen LogP contribution in [0.1, 0.15) is 25.0 Å². The minimum Gasteiger partial charge on any atom is -0.456 e. The van der Waals surface area contributed by atoms with Crippen molar-refractivity contribution >= 4 is 72.0 Å². The third-order valence-corrected chi connectivity index (χ3v) is 10.7. The molecule has 0 bridgehead atoms. The van der Waals surface area contributed by atoms with Crippen molar-refractivity contribution in [1.82, 2.24) is 4.98 Å². The van der Waals surface area contributed by atoms with Gasteiger partial charge in [-0.1, -0.05) is 86.6 Å². The normalized spacial score (nSPS) is 13.5. The van der Waals surface area contributed by atoms with Crippen LogP contribution in [0, 0.1) is 0 Å². The molecule has 11 rings (SSSR count). The predicted molar refractivity (Wildman–Crippen MR) is 206 cm³/mol. The van der Waals surface area contributed by atoms with Crippen LogP contribution in [0.5, 0.6) is 0 Å². The molecule has 242 valence electrons. The monoisotopic (exact) mass is 658 g/mol. The van der Waals surface area contributed by atoms with E-state index in [4.69, 9.17) is 18.2 Å². The molecule has 5 heteroatoms. The van der Waals surface area contributed by atoms with E-state index in [2.05, 4.69) is 110 Å². The van der Waals surface area contributed by atoms with Crippen LogP contribution in [-0.4, -0.2) is 4.98 Å². The molecule has 3 aromatic heterocycles. The van der Waals surface area contributed by atoms with E-state index in [1.807, 2.05) is 54.6 Å². The largest absolute Gasteiger partial charge is 0.456 e. The second kappa shape index (κ2) is 10.2. The zero-order chi connectivity index (χ0) is 33.8. The van der Waals surface area contributed by atoms with Crippen LogP contribution in [0.25, 0.3) is 77.6 Å². The van der Waals surface area contributed by atoms with Crippen LogP contribution >= 0.6 is 0 Å². The molecule has 0 saturated carbocycles. The molecule has 51 heavy (non-hydrogen) atoms. The van der Waals surface area contributed by atoms with Gasteiger partial charge in [-0.2, -0.15) is 0 Å². The SMILES string of the molecule is CC1(C)c2ccccc2-c2c(N(c3ccc4c(c3)oc3ccccc34)c3ccc4c(c3)oc3cc5nc(-c6ccccc6)oc5cc34)cccc21. The van der Waals surface area contributed by atoms with Gasteiger partial charge in [0.25, 0.3) is 0 Å². The number of benzene rings is 7. The fraction of sp³-hybridized carbons (Fsp3) is 0.0652. The molecule has 0 atom stereocenters. The number of furan rings is 2. The van der Waals surface area contributed by atoms with E-state index in [0.717, 1.165) is 77.6 Å². The third kappa shape index (κ3) is 4.06. The van der Waals surface area contributed by atoms with E-state index < -0.39 is 0 Å². The number of nitrogens with zero attached hydrogens (tertiary/aromatic N) is 2. The summed E-state index contributed by atoms with van der Waals surface area (Å²) >= 11 is 0. The second-order valence-corrected chi connectivity index (χ2v) is 14.0. The highest BCUT2D eigenvalue weighted by Gasteiger charge is 2.37. The summed E-state index contributed by atoms with van der Waals surface area (Å²) in [5.74, 6) is 0.599. The summed E-state index contributed by atoms with van der Waals surface area (Å²) in [4.78, 5) is 7.13. The number of para-hydroxylation sites is 1. The first-order valence-corrected chi connectivity index (χ1v) is 17.3. The number of oxazole rings is 1. The van der Waals surface area contributed by atoms with Gasteiger partial charge in [0.2, 0.25) is 5.89 Å². The maximum absolute atomic E-state index is 6.60. The molecule has 3 heterocycles. The van der Waals surface area contributed by atoms with E-state index in [9.17, 15) is 0 Å². The maximum atomic E-state index is 6.60. The van der Waals surface area contributed by atoms with Gasteiger partial charge in [0, 0.05) is 67.7 Å². The second-order valence-electron chi connectivity index (χ2n) is 14.0. The number of rotatable bonds is 4. The molecule has 1 aliphatic rings. The van der Waals surface area contributed by atoms with E-state index in [1.165, 1.54) is 22.3 Å². The Morgan fingerprint density at radius 2 is 1.14 bits per heavy atom. The lowest BCUT2D eigenvalue weighted by molar-refractivity contribution is 0.620. The first-order valence-electron chi connectivity index (χ1n) is 17.3. The minimum atomic E-state index is -0.135. The Balaban J connectivity index is 1.12. The fourth-order valence-corrected chi connectivity index (χ4v) is 8.23. The highest BCUT2D eigenvalue weighted by Crippen LogP contribution is 2.54. The highest BCUT2D eigenvalue weighted by atomic mass is 16.4. The number of hydrogen-bond donors (Lipinski definition) is 0. The van der Waals surface area contributed by atoms with Gasteiger partial charge in [0.1, 0.15) is 27.8 Å². The molecule has 0 N–H and O–H groups in total. The number of anilines is 3. The molecule has 0 fully saturated rings. The Morgan fingerprint density at radius 3 is 1.96 bits per heavy atom. The van der Waals surface area contributed by atoms with Crippen molar-refractivity contribution in [3.63, 3.8) is 0 Å². The van der Waals surface area contributed by atoms with Crippen molar-refractivity contribution in [2.45, 2.75) is 19.3 Å². The summed E-state index contributed by atoms with van der Waals surface area (Å²) in [6.45, 7) is 4.64. The van der Waals surface area contributed by atoms with Gasteiger partial charge >= 0.3 is 0 Å². The van der Waals surface area contributed by atoms with Gasteiger partial charge in [-0.3, -0.25) is 0 Å². The summed E-state index contributed by atoms with van der Waals surface area (Å²) in [7, 11) is 0. The Morgan fingerprint density at radius 1 is 0.490 bits per heavy atom. The lowest BCUT2D eigenvalue weighted by atomic mass is 9.82. The van der Waals surface area contributed by atoms with Crippen molar-refractivity contribution in [1.29, 1.82) is 0 Å². The molecule has 7 aromatic carbocycles. The molecule has 1 aliphatic carbocycles. The lowest BCUT2D eigenvalue weighted by Crippen LogP contribution is -2.16. The molecule has 10 aromatic rings. The molecule has 0 amide bonds. The Kier molecular flexibility index (Phi) is 5.66. The zero-order valence-electron chi connectivity index (χ0n) is 28.0. The number of hydrogen-bond acceptors (Lipinski definition) is 5. The molecule has 0 aliphatic heterocycles. The highest BCUT2D eigenvalue weighted by molar-refractivity contribution is 6.11. The Bertz CT molecular complexity index is 3020. The van der Waals surface area contributed by atoms with E-state index in [1.54, 1.807) is 0 Å². The van der Waals surface area contributed by atoms with E-state index in [0.29, 0.717) is 5.89 Å². The molecule has 0 unspecified atom stereocenters. The molecular weight excluding hydrogens is 629 g/mol. The summed E-state index contributed by atoms with van der Waals surface area (Å²) in [6.07, 6.45) is 0.